The van der Waals surface area contributed by atoms with E-state index in [-0.39, 0.29) is 32.7 Å². The van der Waals surface area contributed by atoms with Crippen LogP contribution >= 0.6 is 0 Å². The van der Waals surface area contributed by atoms with Gasteiger partial charge in [0.2, 0.25) is 0 Å². The van der Waals surface area contributed by atoms with Gasteiger partial charge in [0.05, 0.1) is 0 Å². The molecule has 0 rings (SSSR count). The summed E-state index contributed by atoms with van der Waals surface area (Å²) in [6.07, 6.45) is 0. The van der Waals surface area contributed by atoms with Gasteiger partial charge in [0.15, 0.2) is 0 Å². The van der Waals surface area contributed by atoms with Gasteiger partial charge in [-0.3, -0.25) is 0 Å². The summed E-state index contributed by atoms with van der Waals surface area (Å²) in [5.41, 5.74) is 0. The van der Waals surface area contributed by atoms with Gasteiger partial charge in [0.25, 0.3) is 0 Å². The predicted octanol–water partition coefficient (Wildman–Crippen LogP) is 0.989. The Bertz CT molecular complexity index is 8.85. The monoisotopic (exact) mass is 160 g/mol. The Kier molecular flexibility index (Phi) is 17.3. The molecule has 5 heavy (non-hydrogen) atoms. The second kappa shape index (κ2) is 9.01. The van der Waals surface area contributed by atoms with Crippen molar-refractivity contribution in [2.75, 3.05) is 0 Å². The summed E-state index contributed by atoms with van der Waals surface area (Å²) >= 11 is 0. The molecule has 0 aromatic rings. The molecule has 27 valence electrons. The normalized spacial score (nSPS) is 6.00. The quantitative estimate of drug-likeness (QED) is 0.396. The molecule has 0 aromatic carbocycles. The standard InChI is InChI=1S/C3H7Si.Y/c1-3-4-2;/h1,3H2,2H3;/q-1;. The van der Waals surface area contributed by atoms with Crippen molar-refractivity contribution in [3.05, 3.63) is 6.92 Å². The zero-order valence-corrected chi connectivity index (χ0v) is 7.33. The van der Waals surface area contributed by atoms with Crippen LogP contribution in [0.3, 0.4) is 0 Å². The van der Waals surface area contributed by atoms with Crippen LogP contribution in [0.4, 0.5) is 0 Å². The Morgan fingerprint density at radius 1 is 1.80 bits per heavy atom. The molecular weight excluding hydrogens is 153 g/mol. The first-order valence-electron chi connectivity index (χ1n) is 1.35. The van der Waals surface area contributed by atoms with Crippen molar-refractivity contribution >= 4 is 9.52 Å². The molecule has 0 aliphatic heterocycles. The van der Waals surface area contributed by atoms with Gasteiger partial charge in [0, 0.05) is 42.2 Å². The van der Waals surface area contributed by atoms with Gasteiger partial charge in [-0.05, 0) is 0 Å². The van der Waals surface area contributed by atoms with Gasteiger partial charge in [-0.25, -0.2) is 0 Å². The number of hydrogen-bond donors (Lipinski definition) is 0. The SMILES string of the molecule is [CH2-]C[Si]C.[Y]. The topological polar surface area (TPSA) is 0 Å². The average Bonchev–Trinajstić information content (AvgIpc) is 1.37. The van der Waals surface area contributed by atoms with E-state index in [4.69, 9.17) is 0 Å². The van der Waals surface area contributed by atoms with Gasteiger partial charge in [-0.1, -0.05) is 6.55 Å². The number of rotatable bonds is 1. The molecule has 0 heterocycles. The Hall–Kier alpha value is 1.32. The first-order valence-corrected chi connectivity index (χ1v) is 3.06. The molecule has 0 spiro atoms. The van der Waals surface area contributed by atoms with Crippen molar-refractivity contribution < 1.29 is 32.7 Å². The largest absolute Gasteiger partial charge is 0.346 e. The summed E-state index contributed by atoms with van der Waals surface area (Å²) in [4.78, 5) is 0. The summed E-state index contributed by atoms with van der Waals surface area (Å²) in [5, 5.41) is 0. The molecule has 0 N–H and O–H groups in total. The minimum absolute atomic E-state index is 0. The molecule has 0 aliphatic carbocycles. The average molecular weight is 160 g/mol. The minimum Gasteiger partial charge on any atom is -0.346 e. The molecular formula is C3H7SiY-. The first-order chi connectivity index (χ1) is 1.91. The van der Waals surface area contributed by atoms with Crippen molar-refractivity contribution in [2.24, 2.45) is 0 Å². The van der Waals surface area contributed by atoms with Crippen molar-refractivity contribution in [3.8, 4) is 0 Å². The summed E-state index contributed by atoms with van der Waals surface area (Å²) in [5.74, 6) is 0. The maximum absolute atomic E-state index is 3.62. The molecule has 0 bridgehead atoms. The summed E-state index contributed by atoms with van der Waals surface area (Å²) < 4.78 is 0. The van der Waals surface area contributed by atoms with Crippen LogP contribution in [0.25, 0.3) is 0 Å². The zero-order valence-electron chi connectivity index (χ0n) is 3.49. The van der Waals surface area contributed by atoms with E-state index < -0.39 is 0 Å². The van der Waals surface area contributed by atoms with E-state index in [0.717, 1.165) is 15.6 Å². The maximum atomic E-state index is 3.62. The Labute approximate surface area is 61.4 Å². The molecule has 3 radical (unpaired) electrons. The van der Waals surface area contributed by atoms with Crippen molar-refractivity contribution in [1.29, 1.82) is 0 Å². The molecule has 0 aliphatic rings. The maximum Gasteiger partial charge on any atom is 0.000707 e. The summed E-state index contributed by atoms with van der Waals surface area (Å²) in [6, 6.07) is 1.10. The second-order valence-electron chi connectivity index (χ2n) is 0.604. The van der Waals surface area contributed by atoms with Crippen LogP contribution in [-0.2, 0) is 32.7 Å². The van der Waals surface area contributed by atoms with Crippen LogP contribution in [0.15, 0.2) is 0 Å². The van der Waals surface area contributed by atoms with Gasteiger partial charge >= 0.3 is 0 Å². The minimum atomic E-state index is 0. The molecule has 0 unspecified atom stereocenters. The van der Waals surface area contributed by atoms with Crippen LogP contribution in [-0.4, -0.2) is 9.52 Å². The van der Waals surface area contributed by atoms with E-state index in [1.54, 1.807) is 0 Å². The molecule has 0 nitrogen and oxygen atoms in total. The van der Waals surface area contributed by atoms with Crippen molar-refractivity contribution in [3.63, 3.8) is 0 Å². The fourth-order valence-corrected chi connectivity index (χ4v) is 0. The Balaban J connectivity index is 0. The third kappa shape index (κ3) is 10.9. The molecule has 0 aromatic heterocycles. The van der Waals surface area contributed by atoms with E-state index in [2.05, 4.69) is 13.5 Å². The van der Waals surface area contributed by atoms with Gasteiger partial charge in [-0.2, -0.15) is 6.04 Å². The fourth-order valence-electron chi connectivity index (χ4n) is 0. The summed E-state index contributed by atoms with van der Waals surface area (Å²) in [7, 11) is 1.03. The molecule has 0 amide bonds. The van der Waals surface area contributed by atoms with E-state index in [1.165, 1.54) is 0 Å². The molecule has 0 atom stereocenters. The van der Waals surface area contributed by atoms with Crippen LogP contribution in [0.2, 0.25) is 12.6 Å². The second-order valence-corrected chi connectivity index (χ2v) is 1.81. The zero-order chi connectivity index (χ0) is 3.41. The van der Waals surface area contributed by atoms with Crippen molar-refractivity contribution in [2.45, 2.75) is 12.6 Å². The molecule has 0 saturated carbocycles. The van der Waals surface area contributed by atoms with Crippen LogP contribution in [0, 0.1) is 6.92 Å². The van der Waals surface area contributed by atoms with E-state index in [0.29, 0.717) is 0 Å². The first kappa shape index (κ1) is 9.59. The third-order valence-electron chi connectivity index (χ3n) is 0.250. The van der Waals surface area contributed by atoms with E-state index >= 15 is 0 Å². The van der Waals surface area contributed by atoms with Crippen LogP contribution in [0.5, 0.6) is 0 Å². The van der Waals surface area contributed by atoms with E-state index in [1.807, 2.05) is 0 Å². The fraction of sp³-hybridized carbons (Fsp3) is 0.667. The third-order valence-corrected chi connectivity index (χ3v) is 0.750. The molecule has 0 saturated heterocycles. The predicted molar refractivity (Wildman–Crippen MR) is 21.8 cm³/mol. The van der Waals surface area contributed by atoms with Crippen LogP contribution in [0.1, 0.15) is 0 Å². The summed E-state index contributed by atoms with van der Waals surface area (Å²) in [6.45, 7) is 5.76. The van der Waals surface area contributed by atoms with E-state index in [9.17, 15) is 0 Å². The smallest absolute Gasteiger partial charge is 0.000707 e. The van der Waals surface area contributed by atoms with Crippen molar-refractivity contribution in [1.82, 2.24) is 0 Å². The Morgan fingerprint density at radius 2 is 2.00 bits per heavy atom. The Morgan fingerprint density at radius 3 is 2.00 bits per heavy atom. The van der Waals surface area contributed by atoms with Gasteiger partial charge < -0.3 is 6.92 Å². The van der Waals surface area contributed by atoms with Crippen LogP contribution < -0.4 is 0 Å². The van der Waals surface area contributed by atoms with Gasteiger partial charge in [0.1, 0.15) is 0 Å². The number of hydrogen-bond acceptors (Lipinski definition) is 0. The van der Waals surface area contributed by atoms with Gasteiger partial charge in [-0.15, -0.1) is 0 Å². The molecule has 2 heteroatoms. The molecule has 0 fully saturated rings.